The van der Waals surface area contributed by atoms with Gasteiger partial charge in [-0.2, -0.15) is 0 Å². The van der Waals surface area contributed by atoms with Gasteiger partial charge in [-0.1, -0.05) is 32.0 Å². The second kappa shape index (κ2) is 5.79. The molecule has 0 saturated heterocycles. The highest BCUT2D eigenvalue weighted by Crippen LogP contribution is 2.60. The first-order valence-electron chi connectivity index (χ1n) is 9.62. The molecule has 1 aromatic carbocycles. The molecular weight excluding hydrogens is 296 g/mol. The Kier molecular flexibility index (Phi) is 3.85. The summed E-state index contributed by atoms with van der Waals surface area (Å²) in [6, 6.07) is 9.07. The summed E-state index contributed by atoms with van der Waals surface area (Å²) in [5.41, 5.74) is 2.87. The summed E-state index contributed by atoms with van der Waals surface area (Å²) in [4.78, 5) is 17.5. The van der Waals surface area contributed by atoms with Gasteiger partial charge in [0.15, 0.2) is 0 Å². The summed E-state index contributed by atoms with van der Waals surface area (Å²) in [7, 11) is 2.04. The highest BCUT2D eigenvalue weighted by Gasteiger charge is 2.55. The molecule has 0 N–H and O–H groups in total. The number of hydrogen-bond acceptors (Lipinski definition) is 1. The van der Waals surface area contributed by atoms with Crippen molar-refractivity contribution in [2.75, 3.05) is 18.5 Å². The number of fused-ring (bicyclic) bond motifs is 3. The fourth-order valence-electron chi connectivity index (χ4n) is 5.46. The van der Waals surface area contributed by atoms with Crippen molar-refractivity contribution in [1.29, 1.82) is 0 Å². The molecule has 3 fully saturated rings. The molecule has 0 spiro atoms. The van der Waals surface area contributed by atoms with E-state index in [0.717, 1.165) is 31.0 Å². The van der Waals surface area contributed by atoms with Crippen LogP contribution in [0.3, 0.4) is 0 Å². The van der Waals surface area contributed by atoms with Crippen molar-refractivity contribution in [1.82, 2.24) is 4.90 Å². The van der Waals surface area contributed by atoms with Crippen molar-refractivity contribution in [2.45, 2.75) is 58.4 Å². The molecule has 5 rings (SSSR count). The number of nitrogens with zero attached hydrogens (tertiary/aromatic N) is 2. The van der Waals surface area contributed by atoms with Crippen LogP contribution >= 0.6 is 0 Å². The Labute approximate surface area is 146 Å². The third-order valence-electron chi connectivity index (χ3n) is 7.21. The van der Waals surface area contributed by atoms with Gasteiger partial charge in [-0.25, -0.2) is 4.79 Å². The SMILES string of the molecule is CN(C(=O)N1CCCCc2ccccc21)[C@@H]1CCC2CC1C2(C)C. The van der Waals surface area contributed by atoms with Gasteiger partial charge in [-0.15, -0.1) is 0 Å². The van der Waals surface area contributed by atoms with Crippen LogP contribution in [0.25, 0.3) is 0 Å². The first kappa shape index (κ1) is 16.0. The predicted molar refractivity (Wildman–Crippen MR) is 98.3 cm³/mol. The lowest BCUT2D eigenvalue weighted by atomic mass is 9.47. The number of hydrogen-bond donors (Lipinski definition) is 0. The van der Waals surface area contributed by atoms with Gasteiger partial charge in [0, 0.05) is 25.3 Å². The molecule has 2 amide bonds. The molecule has 3 heteroatoms. The smallest absolute Gasteiger partial charge is 0.324 e. The van der Waals surface area contributed by atoms with E-state index in [2.05, 4.69) is 43.0 Å². The van der Waals surface area contributed by atoms with Gasteiger partial charge in [0.2, 0.25) is 0 Å². The minimum atomic E-state index is 0.204. The minimum absolute atomic E-state index is 0.204. The van der Waals surface area contributed by atoms with Crippen LogP contribution in [0.1, 0.15) is 51.5 Å². The number of aryl methyl sites for hydroxylation is 1. The van der Waals surface area contributed by atoms with Crippen LogP contribution in [-0.2, 0) is 6.42 Å². The first-order valence-corrected chi connectivity index (χ1v) is 9.62. The van der Waals surface area contributed by atoms with E-state index in [4.69, 9.17) is 0 Å². The molecular formula is C21H30N2O. The summed E-state index contributed by atoms with van der Waals surface area (Å²) >= 11 is 0. The number of rotatable bonds is 1. The number of carbonyl (C=O) groups is 1. The molecule has 24 heavy (non-hydrogen) atoms. The van der Waals surface area contributed by atoms with Gasteiger partial charge in [-0.05, 0) is 67.4 Å². The lowest BCUT2D eigenvalue weighted by molar-refractivity contribution is -0.106. The van der Waals surface area contributed by atoms with E-state index < -0.39 is 0 Å². The number of urea groups is 1. The Morgan fingerprint density at radius 2 is 2.00 bits per heavy atom. The van der Waals surface area contributed by atoms with Crippen LogP contribution in [0.15, 0.2) is 24.3 Å². The zero-order valence-electron chi connectivity index (χ0n) is 15.3. The molecule has 3 saturated carbocycles. The molecule has 1 aromatic rings. The van der Waals surface area contributed by atoms with Crippen LogP contribution in [0, 0.1) is 17.3 Å². The second-order valence-electron chi connectivity index (χ2n) is 8.64. The van der Waals surface area contributed by atoms with Crippen LogP contribution in [0.4, 0.5) is 10.5 Å². The van der Waals surface area contributed by atoms with E-state index in [1.54, 1.807) is 0 Å². The van der Waals surface area contributed by atoms with Crippen molar-refractivity contribution < 1.29 is 4.79 Å². The standard InChI is InChI=1S/C21H30N2O/c1-21(2)16-11-12-19(17(21)14-16)22(3)20(24)23-13-7-6-9-15-8-4-5-10-18(15)23/h4-5,8,10,16-17,19H,6-7,9,11-14H2,1-3H3/t16?,17?,19-/m1/s1. The summed E-state index contributed by atoms with van der Waals surface area (Å²) < 4.78 is 0. The predicted octanol–water partition coefficient (Wildman–Crippen LogP) is 4.71. The van der Waals surface area contributed by atoms with Crippen molar-refractivity contribution >= 4 is 11.7 Å². The van der Waals surface area contributed by atoms with E-state index in [1.165, 1.54) is 31.2 Å². The molecule has 3 nitrogen and oxygen atoms in total. The molecule has 0 aromatic heterocycles. The Balaban J connectivity index is 1.57. The van der Waals surface area contributed by atoms with Gasteiger partial charge in [0.05, 0.1) is 0 Å². The summed E-state index contributed by atoms with van der Waals surface area (Å²) in [6.07, 6.45) is 7.12. The third kappa shape index (κ3) is 2.35. The average Bonchev–Trinajstić information content (AvgIpc) is 2.82. The number of amides is 2. The second-order valence-corrected chi connectivity index (χ2v) is 8.64. The molecule has 0 radical (unpaired) electrons. The maximum Gasteiger partial charge on any atom is 0.324 e. The maximum absolute atomic E-state index is 13.3. The zero-order chi connectivity index (χ0) is 16.9. The fourth-order valence-corrected chi connectivity index (χ4v) is 5.46. The fraction of sp³-hybridized carbons (Fsp3) is 0.667. The largest absolute Gasteiger partial charge is 0.324 e. The minimum Gasteiger partial charge on any atom is -0.324 e. The normalized spacial score (nSPS) is 30.8. The highest BCUT2D eigenvalue weighted by atomic mass is 16.2. The molecule has 1 aliphatic heterocycles. The van der Waals surface area contributed by atoms with Crippen LogP contribution < -0.4 is 4.90 Å². The zero-order valence-corrected chi connectivity index (χ0v) is 15.3. The molecule has 2 bridgehead atoms. The molecule has 3 atom stereocenters. The van der Waals surface area contributed by atoms with Gasteiger partial charge in [-0.3, -0.25) is 4.90 Å². The van der Waals surface area contributed by atoms with Crippen LogP contribution in [0.5, 0.6) is 0 Å². The molecule has 1 heterocycles. The van der Waals surface area contributed by atoms with Crippen molar-refractivity contribution in [3.63, 3.8) is 0 Å². The van der Waals surface area contributed by atoms with Crippen LogP contribution in [0.2, 0.25) is 0 Å². The number of benzene rings is 1. The molecule has 3 aliphatic carbocycles. The third-order valence-corrected chi connectivity index (χ3v) is 7.21. The molecule has 4 aliphatic rings. The Hall–Kier alpha value is -1.51. The van der Waals surface area contributed by atoms with E-state index in [1.807, 2.05) is 11.9 Å². The van der Waals surface area contributed by atoms with E-state index in [-0.39, 0.29) is 6.03 Å². The van der Waals surface area contributed by atoms with Crippen molar-refractivity contribution in [2.24, 2.45) is 17.3 Å². The number of para-hydroxylation sites is 1. The monoisotopic (exact) mass is 326 g/mol. The Morgan fingerprint density at radius 3 is 2.75 bits per heavy atom. The highest BCUT2D eigenvalue weighted by molar-refractivity contribution is 5.93. The topological polar surface area (TPSA) is 23.6 Å². The Bertz CT molecular complexity index is 636. The van der Waals surface area contributed by atoms with E-state index in [9.17, 15) is 4.79 Å². The molecule has 2 unspecified atom stereocenters. The maximum atomic E-state index is 13.3. The van der Waals surface area contributed by atoms with Crippen LogP contribution in [-0.4, -0.2) is 30.6 Å². The van der Waals surface area contributed by atoms with Gasteiger partial charge < -0.3 is 4.90 Å². The number of anilines is 1. The lowest BCUT2D eigenvalue weighted by Crippen LogP contribution is -2.61. The van der Waals surface area contributed by atoms with E-state index >= 15 is 0 Å². The van der Waals surface area contributed by atoms with Gasteiger partial charge in [0.25, 0.3) is 0 Å². The van der Waals surface area contributed by atoms with Crippen molar-refractivity contribution in [3.8, 4) is 0 Å². The van der Waals surface area contributed by atoms with Crippen molar-refractivity contribution in [3.05, 3.63) is 29.8 Å². The number of carbonyl (C=O) groups excluding carboxylic acids is 1. The first-order chi connectivity index (χ1) is 11.5. The van der Waals surface area contributed by atoms with Gasteiger partial charge in [0.1, 0.15) is 0 Å². The van der Waals surface area contributed by atoms with Gasteiger partial charge >= 0.3 is 6.03 Å². The summed E-state index contributed by atoms with van der Waals surface area (Å²) in [6.45, 7) is 5.65. The quantitative estimate of drug-likeness (QED) is 0.733. The lowest BCUT2D eigenvalue weighted by Gasteiger charge is -2.61. The molecule has 130 valence electrons. The Morgan fingerprint density at radius 1 is 1.21 bits per heavy atom. The summed E-state index contributed by atoms with van der Waals surface area (Å²) in [5.74, 6) is 1.55. The average molecular weight is 326 g/mol. The summed E-state index contributed by atoms with van der Waals surface area (Å²) in [5, 5.41) is 0. The van der Waals surface area contributed by atoms with E-state index in [0.29, 0.717) is 17.4 Å².